The van der Waals surface area contributed by atoms with Crippen LogP contribution in [-0.4, -0.2) is 0 Å². The van der Waals surface area contributed by atoms with Crippen LogP contribution in [-0.2, 0) is 6.42 Å². The number of benzene rings is 2. The molecule has 23 heavy (non-hydrogen) atoms. The van der Waals surface area contributed by atoms with Crippen molar-refractivity contribution in [1.29, 1.82) is 0 Å². The van der Waals surface area contributed by atoms with Crippen LogP contribution in [0, 0.1) is 13.8 Å². The monoisotopic (exact) mass is 314 g/mol. The van der Waals surface area contributed by atoms with Crippen LogP contribution in [0.2, 0.25) is 0 Å². The van der Waals surface area contributed by atoms with Gasteiger partial charge in [-0.25, -0.2) is 0 Å². The largest absolute Gasteiger partial charge is 0.0776 e. The first-order valence-corrected chi connectivity index (χ1v) is 7.82. The molecule has 0 bridgehead atoms. The molecule has 0 amide bonds. The molecule has 0 fully saturated rings. The maximum atomic E-state index is 2.42. The first-order valence-electron chi connectivity index (χ1n) is 7.82. The second-order valence-corrected chi connectivity index (χ2v) is 5.76. The van der Waals surface area contributed by atoms with Crippen molar-refractivity contribution in [2.24, 2.45) is 0 Å². The lowest BCUT2D eigenvalue weighted by Gasteiger charge is -2.21. The van der Waals surface area contributed by atoms with Crippen molar-refractivity contribution in [3.05, 3.63) is 70.3 Å². The molecule has 2 rings (SSSR count). The molecule has 0 heteroatoms. The van der Waals surface area contributed by atoms with Crippen LogP contribution in [0.1, 0.15) is 82.7 Å². The van der Waals surface area contributed by atoms with Crippen molar-refractivity contribution in [1.82, 2.24) is 0 Å². The fourth-order valence-electron chi connectivity index (χ4n) is 3.03. The lowest BCUT2D eigenvalue weighted by atomic mass is 9.83. The number of hydrogen-bond donors (Lipinski definition) is 0. The highest BCUT2D eigenvalue weighted by molar-refractivity contribution is 5.43. The fourth-order valence-corrected chi connectivity index (χ4v) is 3.03. The van der Waals surface area contributed by atoms with Crippen molar-refractivity contribution in [2.75, 3.05) is 0 Å². The quantitative estimate of drug-likeness (QED) is 0.530. The molecule has 0 saturated heterocycles. The molecule has 0 N–H and O–H groups in total. The second-order valence-electron chi connectivity index (χ2n) is 5.76. The van der Waals surface area contributed by atoms with E-state index in [2.05, 4.69) is 70.2 Å². The van der Waals surface area contributed by atoms with Crippen LogP contribution in [0.25, 0.3) is 0 Å². The Morgan fingerprint density at radius 1 is 0.826 bits per heavy atom. The second kappa shape index (κ2) is 11.0. The predicted octanol–water partition coefficient (Wildman–Crippen LogP) is 7.71. The van der Waals surface area contributed by atoms with E-state index >= 15 is 0 Å². The summed E-state index contributed by atoms with van der Waals surface area (Å²) in [7, 11) is 0. The van der Waals surface area contributed by atoms with E-state index in [-0.39, 0.29) is 22.3 Å². The van der Waals surface area contributed by atoms with Crippen LogP contribution in [0.4, 0.5) is 0 Å². The topological polar surface area (TPSA) is 0 Å². The number of hydrogen-bond acceptors (Lipinski definition) is 0. The summed E-state index contributed by atoms with van der Waals surface area (Å²) in [4.78, 5) is 0. The van der Waals surface area contributed by atoms with Crippen LogP contribution in [0.15, 0.2) is 42.5 Å². The summed E-state index contributed by atoms with van der Waals surface area (Å²) in [5.41, 5.74) is 7.33. The molecule has 0 aromatic heterocycles. The summed E-state index contributed by atoms with van der Waals surface area (Å²) < 4.78 is 0. The molecule has 0 aliphatic rings. The molecule has 2 aromatic rings. The van der Waals surface area contributed by atoms with Gasteiger partial charge >= 0.3 is 0 Å². The summed E-state index contributed by atoms with van der Waals surface area (Å²) in [6.07, 6.45) is 3.55. The van der Waals surface area contributed by atoms with Gasteiger partial charge in [0.05, 0.1) is 0 Å². The van der Waals surface area contributed by atoms with E-state index < -0.39 is 0 Å². The Bertz CT molecular complexity index is 552. The molecular weight excluding hydrogens is 276 g/mol. The van der Waals surface area contributed by atoms with Crippen LogP contribution < -0.4 is 0 Å². The lowest BCUT2D eigenvalue weighted by Crippen LogP contribution is -2.05. The van der Waals surface area contributed by atoms with Gasteiger partial charge in [-0.05, 0) is 54.5 Å². The van der Waals surface area contributed by atoms with Crippen molar-refractivity contribution >= 4 is 0 Å². The summed E-state index contributed by atoms with van der Waals surface area (Å²) >= 11 is 0. The Labute approximate surface area is 146 Å². The molecule has 0 spiro atoms. The van der Waals surface area contributed by atoms with Crippen molar-refractivity contribution in [3.8, 4) is 0 Å². The predicted molar refractivity (Wildman–Crippen MR) is 109 cm³/mol. The van der Waals surface area contributed by atoms with E-state index in [1.165, 1.54) is 40.7 Å². The molecular formula is C23H38. The van der Waals surface area contributed by atoms with Gasteiger partial charge in [-0.15, -0.1) is 0 Å². The molecule has 0 nitrogen and oxygen atoms in total. The van der Waals surface area contributed by atoms with Gasteiger partial charge in [-0.3, -0.25) is 0 Å². The van der Waals surface area contributed by atoms with E-state index in [1.807, 2.05) is 0 Å². The number of rotatable bonds is 5. The van der Waals surface area contributed by atoms with Crippen molar-refractivity contribution in [3.63, 3.8) is 0 Å². The normalized spacial score (nSPS) is 10.8. The average Bonchev–Trinajstić information content (AvgIpc) is 2.46. The van der Waals surface area contributed by atoms with Crippen LogP contribution in [0.3, 0.4) is 0 Å². The molecule has 130 valence electrons. The summed E-state index contributed by atoms with van der Waals surface area (Å²) in [5, 5.41) is 0. The number of aryl methyl sites for hydroxylation is 3. The fraction of sp³-hybridized carbons (Fsp3) is 0.478. The summed E-state index contributed by atoms with van der Waals surface area (Å²) in [6.45, 7) is 9.01. The first-order chi connectivity index (χ1) is 9.67. The zero-order valence-corrected chi connectivity index (χ0v) is 13.2. The Balaban J connectivity index is 0. The molecule has 0 aliphatic heterocycles. The molecule has 0 heterocycles. The van der Waals surface area contributed by atoms with Gasteiger partial charge in [0.15, 0.2) is 0 Å². The third-order valence-corrected chi connectivity index (χ3v) is 4.26. The van der Waals surface area contributed by atoms with Gasteiger partial charge in [0.25, 0.3) is 0 Å². The van der Waals surface area contributed by atoms with E-state index in [9.17, 15) is 0 Å². The molecule has 2 aromatic carbocycles. The molecule has 0 aliphatic carbocycles. The minimum atomic E-state index is 0. The van der Waals surface area contributed by atoms with E-state index in [0.717, 1.165) is 6.42 Å². The van der Waals surface area contributed by atoms with Crippen molar-refractivity contribution < 1.29 is 0 Å². The van der Waals surface area contributed by atoms with Gasteiger partial charge in [0.2, 0.25) is 0 Å². The third kappa shape index (κ3) is 5.53. The zero-order chi connectivity index (χ0) is 14.5. The average molecular weight is 315 g/mol. The van der Waals surface area contributed by atoms with Gasteiger partial charge in [-0.2, -0.15) is 0 Å². The van der Waals surface area contributed by atoms with Gasteiger partial charge in [0.1, 0.15) is 0 Å². The Morgan fingerprint density at radius 2 is 1.39 bits per heavy atom. The van der Waals surface area contributed by atoms with Crippen molar-refractivity contribution in [2.45, 2.75) is 75.2 Å². The highest BCUT2D eigenvalue weighted by atomic mass is 14.2. The first kappa shape index (κ1) is 23.7. The third-order valence-electron chi connectivity index (χ3n) is 4.26. The summed E-state index contributed by atoms with van der Waals surface area (Å²) in [6, 6.07) is 15.8. The highest BCUT2D eigenvalue weighted by Crippen LogP contribution is 2.32. The van der Waals surface area contributed by atoms with E-state index in [1.54, 1.807) is 0 Å². The summed E-state index contributed by atoms with van der Waals surface area (Å²) in [5.74, 6) is 0.525. The Kier molecular flexibility index (Phi) is 11.4. The molecule has 1 unspecified atom stereocenters. The standard InChI is InChI=1S/C20H26.3CH4/c1-5-10-18-13-15(3)16(4)14-20(18)19(6-2)17-11-8-7-9-12-17;;;/h7-9,11-14,19H,5-6,10H2,1-4H3;3*1H4. The van der Waals surface area contributed by atoms with Crippen LogP contribution >= 0.6 is 0 Å². The van der Waals surface area contributed by atoms with Gasteiger partial charge in [-0.1, -0.05) is 85.0 Å². The SMILES string of the molecule is C.C.C.CCCc1cc(C)c(C)cc1C(CC)c1ccccc1. The van der Waals surface area contributed by atoms with E-state index in [0.29, 0.717) is 5.92 Å². The highest BCUT2D eigenvalue weighted by Gasteiger charge is 2.16. The smallest absolute Gasteiger partial charge is 0.00895 e. The van der Waals surface area contributed by atoms with Gasteiger partial charge < -0.3 is 0 Å². The minimum absolute atomic E-state index is 0. The maximum Gasteiger partial charge on any atom is 0.00895 e. The molecule has 1 atom stereocenters. The minimum Gasteiger partial charge on any atom is -0.0776 e. The lowest BCUT2D eigenvalue weighted by molar-refractivity contribution is 0.755. The molecule has 0 radical (unpaired) electrons. The zero-order valence-electron chi connectivity index (χ0n) is 13.2. The molecule has 0 saturated carbocycles. The van der Waals surface area contributed by atoms with Gasteiger partial charge in [0, 0.05) is 5.92 Å². The van der Waals surface area contributed by atoms with Crippen LogP contribution in [0.5, 0.6) is 0 Å². The maximum absolute atomic E-state index is 2.42. The Hall–Kier alpha value is -1.56. The Morgan fingerprint density at radius 3 is 1.91 bits per heavy atom. The van der Waals surface area contributed by atoms with E-state index in [4.69, 9.17) is 0 Å².